The smallest absolute Gasteiger partial charge is 0.318 e. The van der Waals surface area contributed by atoms with Gasteiger partial charge in [-0.15, -0.1) is 0 Å². The number of hydrogen-bond acceptors (Lipinski definition) is 5. The van der Waals surface area contributed by atoms with E-state index in [1.807, 2.05) is 24.3 Å². The van der Waals surface area contributed by atoms with Crippen molar-refractivity contribution in [2.24, 2.45) is 17.8 Å². The summed E-state index contributed by atoms with van der Waals surface area (Å²) in [7, 11) is 0. The Morgan fingerprint density at radius 1 is 1.12 bits per heavy atom. The number of hydrogen-bond donors (Lipinski definition) is 1. The highest BCUT2D eigenvalue weighted by Crippen LogP contribution is 2.58. The van der Waals surface area contributed by atoms with Crippen molar-refractivity contribution in [1.29, 1.82) is 0 Å². The molecule has 3 aromatic rings. The summed E-state index contributed by atoms with van der Waals surface area (Å²) in [6, 6.07) is 7.43. The average molecular weight is 481 g/mol. The van der Waals surface area contributed by atoms with Gasteiger partial charge in [0.25, 0.3) is 5.91 Å². The van der Waals surface area contributed by atoms with Crippen LogP contribution in [0.5, 0.6) is 0 Å². The maximum Gasteiger partial charge on any atom is 0.320 e. The van der Waals surface area contributed by atoms with Crippen molar-refractivity contribution >= 4 is 28.9 Å². The summed E-state index contributed by atoms with van der Waals surface area (Å²) in [5.41, 5.74) is 0.877. The Balaban J connectivity index is 1.22. The lowest BCUT2D eigenvalue weighted by Crippen LogP contribution is -2.52. The highest BCUT2D eigenvalue weighted by molar-refractivity contribution is 6.30. The first-order chi connectivity index (χ1) is 16.4. The number of carbonyl (C=O) groups excluding carboxylic acids is 1. The number of rotatable bonds is 6. The quantitative estimate of drug-likeness (QED) is 0.400. The molecule has 4 aliphatic rings. The molecule has 7 rings (SSSR count). The van der Waals surface area contributed by atoms with E-state index in [9.17, 15) is 14.9 Å². The van der Waals surface area contributed by atoms with E-state index in [2.05, 4.69) is 15.5 Å². The minimum atomic E-state index is -0.596. The molecule has 4 fully saturated rings. The number of anilines is 1. The molecule has 34 heavy (non-hydrogen) atoms. The Hall–Kier alpha value is -3.20. The van der Waals surface area contributed by atoms with Crippen molar-refractivity contribution in [3.8, 4) is 0 Å². The van der Waals surface area contributed by atoms with Gasteiger partial charge in [-0.1, -0.05) is 23.7 Å². The van der Waals surface area contributed by atoms with Gasteiger partial charge in [0.2, 0.25) is 5.69 Å². The summed E-state index contributed by atoms with van der Waals surface area (Å²) in [5, 5.41) is 24.0. The summed E-state index contributed by atoms with van der Waals surface area (Å²) in [6.45, 7) is 0.508. The molecule has 1 N–H and O–H groups in total. The summed E-state index contributed by atoms with van der Waals surface area (Å²) in [6.07, 6.45) is 11.5. The molecule has 1 amide bonds. The molecule has 0 spiro atoms. The van der Waals surface area contributed by atoms with Crippen LogP contribution < -0.4 is 5.32 Å². The van der Waals surface area contributed by atoms with Gasteiger partial charge in [0.15, 0.2) is 0 Å². The first-order valence-corrected chi connectivity index (χ1v) is 12.1. The largest absolute Gasteiger partial charge is 0.320 e. The minimum absolute atomic E-state index is 0.147. The number of nitrogens with one attached hydrogen (secondary N) is 1. The summed E-state index contributed by atoms with van der Waals surface area (Å²) < 4.78 is 3.44. The van der Waals surface area contributed by atoms with Gasteiger partial charge in [-0.25, -0.2) is 0 Å². The number of nitro groups is 1. The molecule has 176 valence electrons. The zero-order chi connectivity index (χ0) is 23.4. The predicted molar refractivity (Wildman–Crippen MR) is 126 cm³/mol. The van der Waals surface area contributed by atoms with Crippen LogP contribution in [-0.2, 0) is 12.1 Å². The molecular formula is C24H25ClN6O3. The van der Waals surface area contributed by atoms with Crippen molar-refractivity contribution in [2.75, 3.05) is 5.32 Å². The van der Waals surface area contributed by atoms with Crippen molar-refractivity contribution in [3.63, 3.8) is 0 Å². The van der Waals surface area contributed by atoms with Crippen LogP contribution in [0.1, 0.15) is 54.6 Å². The molecule has 1 aromatic carbocycles. The number of nitrogens with zero attached hydrogens (tertiary/aromatic N) is 5. The van der Waals surface area contributed by atoms with Gasteiger partial charge in [-0.2, -0.15) is 10.2 Å². The number of carbonyl (C=O) groups is 1. The van der Waals surface area contributed by atoms with Crippen molar-refractivity contribution in [3.05, 3.63) is 69.3 Å². The van der Waals surface area contributed by atoms with Crippen LogP contribution in [0.15, 0.2) is 42.9 Å². The van der Waals surface area contributed by atoms with Crippen molar-refractivity contribution < 1.29 is 9.72 Å². The summed E-state index contributed by atoms with van der Waals surface area (Å²) in [5.74, 6) is 1.40. The Morgan fingerprint density at radius 3 is 2.38 bits per heavy atom. The third-order valence-electron chi connectivity index (χ3n) is 7.75. The zero-order valence-corrected chi connectivity index (χ0v) is 19.3. The highest BCUT2D eigenvalue weighted by Gasteiger charge is 2.53. The first kappa shape index (κ1) is 21.3. The van der Waals surface area contributed by atoms with Crippen molar-refractivity contribution in [1.82, 2.24) is 19.6 Å². The van der Waals surface area contributed by atoms with E-state index in [0.717, 1.165) is 24.8 Å². The van der Waals surface area contributed by atoms with Crippen LogP contribution in [0.25, 0.3) is 0 Å². The minimum Gasteiger partial charge on any atom is -0.318 e. The molecular weight excluding hydrogens is 456 g/mol. The lowest BCUT2D eigenvalue weighted by Gasteiger charge is -2.56. The summed E-state index contributed by atoms with van der Waals surface area (Å²) in [4.78, 5) is 24.3. The molecule has 4 bridgehead atoms. The lowest BCUT2D eigenvalue weighted by molar-refractivity contribution is -0.385. The number of amides is 1. The van der Waals surface area contributed by atoms with Crippen molar-refractivity contribution in [2.45, 2.75) is 50.6 Å². The van der Waals surface area contributed by atoms with E-state index in [-0.39, 0.29) is 16.9 Å². The normalized spacial score (nSPS) is 27.1. The Bertz CT molecular complexity index is 1230. The molecule has 4 saturated carbocycles. The first-order valence-electron chi connectivity index (χ1n) is 11.7. The van der Waals surface area contributed by atoms with Gasteiger partial charge in [-0.3, -0.25) is 24.3 Å². The van der Waals surface area contributed by atoms with Crippen LogP contribution >= 0.6 is 11.6 Å². The third-order valence-corrected chi connectivity index (χ3v) is 8.00. The van der Waals surface area contributed by atoms with Crippen LogP contribution in [0.3, 0.4) is 0 Å². The second kappa shape index (κ2) is 7.94. The molecule has 0 saturated heterocycles. The molecule has 0 radical (unpaired) electrons. The maximum atomic E-state index is 13.0. The van der Waals surface area contributed by atoms with Crippen LogP contribution in [0, 0.1) is 27.9 Å². The Kier molecular flexibility index (Phi) is 4.98. The van der Waals surface area contributed by atoms with Gasteiger partial charge >= 0.3 is 5.69 Å². The number of benzene rings is 1. The summed E-state index contributed by atoms with van der Waals surface area (Å²) >= 11 is 5.93. The van der Waals surface area contributed by atoms with Gasteiger partial charge in [0, 0.05) is 11.2 Å². The van der Waals surface area contributed by atoms with Crippen LogP contribution in [-0.4, -0.2) is 30.4 Å². The maximum absolute atomic E-state index is 13.0. The average Bonchev–Trinajstić information content (AvgIpc) is 3.42. The number of aromatic nitrogens is 4. The second-order valence-electron chi connectivity index (χ2n) is 10.2. The van der Waals surface area contributed by atoms with E-state index >= 15 is 0 Å². The van der Waals surface area contributed by atoms with Gasteiger partial charge in [0.05, 0.1) is 28.9 Å². The van der Waals surface area contributed by atoms with E-state index in [1.54, 1.807) is 15.6 Å². The number of halogens is 1. The Morgan fingerprint density at radius 2 is 1.76 bits per heavy atom. The fourth-order valence-corrected chi connectivity index (χ4v) is 6.86. The third kappa shape index (κ3) is 3.77. The van der Waals surface area contributed by atoms with Gasteiger partial charge < -0.3 is 5.32 Å². The molecule has 4 aliphatic carbocycles. The van der Waals surface area contributed by atoms with Gasteiger partial charge in [0.1, 0.15) is 6.20 Å². The fourth-order valence-electron chi connectivity index (χ4n) is 6.73. The van der Waals surface area contributed by atoms with E-state index in [4.69, 9.17) is 11.6 Å². The van der Waals surface area contributed by atoms with Gasteiger partial charge in [-0.05, 0) is 74.0 Å². The molecule has 2 aromatic heterocycles. The monoisotopic (exact) mass is 480 g/mol. The lowest BCUT2D eigenvalue weighted by atomic mass is 9.53. The van der Waals surface area contributed by atoms with Crippen LogP contribution in [0.4, 0.5) is 11.4 Å². The molecule has 0 atom stereocenters. The topological polar surface area (TPSA) is 108 Å². The Labute approximate surface area is 201 Å². The molecule has 0 unspecified atom stereocenters. The molecule has 9 nitrogen and oxygen atoms in total. The predicted octanol–water partition coefficient (Wildman–Crippen LogP) is 4.87. The molecule has 2 heterocycles. The fraction of sp³-hybridized carbons (Fsp3) is 0.458. The highest BCUT2D eigenvalue weighted by atomic mass is 35.5. The van der Waals surface area contributed by atoms with Crippen LogP contribution in [0.2, 0.25) is 5.02 Å². The van der Waals surface area contributed by atoms with E-state index in [1.165, 1.54) is 31.7 Å². The van der Waals surface area contributed by atoms with E-state index in [0.29, 0.717) is 35.0 Å². The molecule has 0 aliphatic heterocycles. The zero-order valence-electron chi connectivity index (χ0n) is 18.6. The standard InChI is InChI=1S/C24H25ClN6O3/c25-19-3-1-15(2-4-19)12-29-13-20(11-26-29)27-23(32)22-21(31(33)34)14-30(28-22)24-8-16-5-17(9-24)7-18(6-16)10-24/h1-4,11,13-14,16-18H,5-10,12H2,(H,27,32). The second-order valence-corrected chi connectivity index (χ2v) is 10.7. The van der Waals surface area contributed by atoms with E-state index < -0.39 is 10.8 Å². The SMILES string of the molecule is O=C(Nc1cnn(Cc2ccc(Cl)cc2)c1)c1nn(C23CC4CC(CC(C4)C2)C3)cc1[N+](=O)[O-]. The molecule has 10 heteroatoms.